The van der Waals surface area contributed by atoms with Crippen LogP contribution in [-0.2, 0) is 25.4 Å². The Morgan fingerprint density at radius 1 is 0.833 bits per heavy atom. The molecule has 4 aromatic carbocycles. The maximum absolute atomic E-state index is 14.5. The molecular formula is C34H35NO4P2S. The standard InChI is InChI=1S/C34H35NO4P2S/c1-25-18-20-26(21-19-25)33(41(36)37-23-34(2,3)24-38-41)32-22-30(29-16-10-11-17-31(29)39-32)35-40(42,27-12-6-4-7-13-27)28-14-8-5-9-15-28/h4-21,30H,22-24H2,1-3H3,(H,35,42)/b33-32+. The summed E-state index contributed by atoms with van der Waals surface area (Å²) in [6, 6.07) is 36.3. The predicted octanol–water partition coefficient (Wildman–Crippen LogP) is 8.09. The Hall–Kier alpha value is -2.82. The summed E-state index contributed by atoms with van der Waals surface area (Å²) in [5.41, 5.74) is 2.64. The Balaban J connectivity index is 1.50. The minimum absolute atomic E-state index is 0.204. The Morgan fingerprint density at radius 3 is 1.98 bits per heavy atom. The molecule has 6 rings (SSSR count). The molecule has 1 N–H and O–H groups in total. The second-order valence-electron chi connectivity index (χ2n) is 11.7. The molecule has 1 saturated heterocycles. The molecule has 0 aromatic heterocycles. The lowest BCUT2D eigenvalue weighted by atomic mass is 9.97. The van der Waals surface area contributed by atoms with Crippen LogP contribution in [0.2, 0.25) is 0 Å². The number of fused-ring (bicyclic) bond motifs is 1. The normalized spacial score (nSPS) is 20.7. The van der Waals surface area contributed by atoms with Gasteiger partial charge in [-0.25, -0.2) is 0 Å². The van der Waals surface area contributed by atoms with E-state index in [0.29, 0.717) is 36.5 Å². The van der Waals surface area contributed by atoms with Crippen molar-refractivity contribution in [3.05, 3.63) is 132 Å². The number of para-hydroxylation sites is 1. The molecule has 0 saturated carbocycles. The van der Waals surface area contributed by atoms with E-state index in [9.17, 15) is 4.57 Å². The second-order valence-corrected chi connectivity index (χ2v) is 17.8. The van der Waals surface area contributed by atoms with Crippen molar-refractivity contribution in [2.45, 2.75) is 33.2 Å². The van der Waals surface area contributed by atoms with Gasteiger partial charge < -0.3 is 13.8 Å². The Labute approximate surface area is 253 Å². The van der Waals surface area contributed by atoms with Gasteiger partial charge in [0, 0.05) is 34.1 Å². The minimum atomic E-state index is -3.70. The van der Waals surface area contributed by atoms with Crippen LogP contribution in [0.1, 0.15) is 43.0 Å². The van der Waals surface area contributed by atoms with Gasteiger partial charge in [0.1, 0.15) is 16.8 Å². The lowest BCUT2D eigenvalue weighted by molar-refractivity contribution is 0.0465. The van der Waals surface area contributed by atoms with Crippen LogP contribution < -0.4 is 20.4 Å². The molecule has 2 aliphatic heterocycles. The number of hydrogen-bond donors (Lipinski definition) is 1. The van der Waals surface area contributed by atoms with Crippen molar-refractivity contribution in [2.24, 2.45) is 5.41 Å². The molecule has 4 aromatic rings. The molecule has 1 atom stereocenters. The third-order valence-electron chi connectivity index (χ3n) is 7.61. The van der Waals surface area contributed by atoms with Crippen LogP contribution >= 0.6 is 13.8 Å². The summed E-state index contributed by atoms with van der Waals surface area (Å²) >= 11 is 6.57. The second kappa shape index (κ2) is 11.7. The van der Waals surface area contributed by atoms with E-state index in [4.69, 9.17) is 25.6 Å². The number of benzene rings is 4. The van der Waals surface area contributed by atoms with Crippen molar-refractivity contribution in [1.82, 2.24) is 5.09 Å². The van der Waals surface area contributed by atoms with E-state index in [1.165, 1.54) is 0 Å². The summed E-state index contributed by atoms with van der Waals surface area (Å²) < 4.78 is 33.3. The molecule has 0 radical (unpaired) electrons. The Morgan fingerprint density at radius 2 is 1.38 bits per heavy atom. The van der Waals surface area contributed by atoms with E-state index >= 15 is 0 Å². The fourth-order valence-corrected chi connectivity index (χ4v) is 11.1. The Kier molecular flexibility index (Phi) is 8.15. The first-order valence-corrected chi connectivity index (χ1v) is 18.5. The van der Waals surface area contributed by atoms with Crippen LogP contribution in [0.5, 0.6) is 5.75 Å². The molecular weight excluding hydrogens is 580 g/mol. The van der Waals surface area contributed by atoms with Crippen LogP contribution in [0.3, 0.4) is 0 Å². The van der Waals surface area contributed by atoms with Crippen LogP contribution in [0.4, 0.5) is 0 Å². The van der Waals surface area contributed by atoms with Gasteiger partial charge in [-0.05, 0) is 18.6 Å². The molecule has 216 valence electrons. The molecule has 0 aliphatic carbocycles. The number of ether oxygens (including phenoxy) is 1. The maximum Gasteiger partial charge on any atom is 0.365 e. The first-order chi connectivity index (χ1) is 20.2. The van der Waals surface area contributed by atoms with Crippen molar-refractivity contribution < 1.29 is 18.3 Å². The third-order valence-corrected chi connectivity index (χ3v) is 13.9. The van der Waals surface area contributed by atoms with Gasteiger partial charge in [-0.1, -0.05) is 134 Å². The van der Waals surface area contributed by atoms with Gasteiger partial charge in [0.25, 0.3) is 0 Å². The van der Waals surface area contributed by atoms with E-state index in [0.717, 1.165) is 27.3 Å². The van der Waals surface area contributed by atoms with Crippen molar-refractivity contribution in [2.75, 3.05) is 13.2 Å². The fraction of sp³-hybridized carbons (Fsp3) is 0.235. The maximum atomic E-state index is 14.5. The molecule has 1 unspecified atom stereocenters. The molecule has 2 heterocycles. The minimum Gasteiger partial charge on any atom is -0.460 e. The SMILES string of the molecule is Cc1ccc(/C(=C2/CC(NP(=S)(c3ccccc3)c3ccccc3)c3ccccc3O2)P2(=O)OCC(C)(C)CO2)cc1. The highest BCUT2D eigenvalue weighted by atomic mass is 32.4. The van der Waals surface area contributed by atoms with E-state index in [-0.39, 0.29) is 11.5 Å². The zero-order chi connectivity index (χ0) is 29.4. The summed E-state index contributed by atoms with van der Waals surface area (Å²) in [6.07, 6.45) is -2.05. The highest BCUT2D eigenvalue weighted by Gasteiger charge is 2.44. The van der Waals surface area contributed by atoms with Gasteiger partial charge in [-0.2, -0.15) is 0 Å². The first kappa shape index (κ1) is 29.3. The van der Waals surface area contributed by atoms with Crippen molar-refractivity contribution >= 4 is 41.5 Å². The summed E-state index contributed by atoms with van der Waals surface area (Å²) in [4.78, 5) is 0. The van der Waals surface area contributed by atoms with Gasteiger partial charge >= 0.3 is 7.60 Å². The summed E-state index contributed by atoms with van der Waals surface area (Å²) in [5, 5.41) is 6.57. The molecule has 1 fully saturated rings. The topological polar surface area (TPSA) is 56.8 Å². The molecule has 0 spiro atoms. The van der Waals surface area contributed by atoms with Crippen LogP contribution in [0, 0.1) is 12.3 Å². The van der Waals surface area contributed by atoms with Gasteiger partial charge in [0.05, 0.1) is 19.4 Å². The molecule has 2 aliphatic rings. The lowest BCUT2D eigenvalue weighted by Crippen LogP contribution is -2.33. The number of nitrogens with one attached hydrogen (secondary N) is 1. The predicted molar refractivity (Wildman–Crippen MR) is 175 cm³/mol. The van der Waals surface area contributed by atoms with Gasteiger partial charge in [-0.15, -0.1) is 0 Å². The van der Waals surface area contributed by atoms with Crippen LogP contribution in [0.25, 0.3) is 5.31 Å². The number of hydrogen-bond acceptors (Lipinski definition) is 5. The van der Waals surface area contributed by atoms with Crippen molar-refractivity contribution in [1.29, 1.82) is 0 Å². The number of rotatable bonds is 6. The van der Waals surface area contributed by atoms with E-state index in [2.05, 4.69) is 35.4 Å². The van der Waals surface area contributed by atoms with Crippen molar-refractivity contribution in [3.8, 4) is 5.75 Å². The highest BCUT2D eigenvalue weighted by Crippen LogP contribution is 2.66. The average molecular weight is 616 g/mol. The average Bonchev–Trinajstić information content (AvgIpc) is 3.01. The van der Waals surface area contributed by atoms with Crippen LogP contribution in [-0.4, -0.2) is 13.2 Å². The largest absolute Gasteiger partial charge is 0.460 e. The molecule has 0 bridgehead atoms. The van der Waals surface area contributed by atoms with E-state index < -0.39 is 13.8 Å². The summed E-state index contributed by atoms with van der Waals surface area (Å²) in [7, 11) is -3.70. The monoisotopic (exact) mass is 615 g/mol. The number of aryl methyl sites for hydroxylation is 1. The summed E-state index contributed by atoms with van der Waals surface area (Å²) in [5.74, 6) is 1.27. The zero-order valence-electron chi connectivity index (χ0n) is 24.0. The van der Waals surface area contributed by atoms with Gasteiger partial charge in [-0.3, -0.25) is 9.65 Å². The van der Waals surface area contributed by atoms with Gasteiger partial charge in [0.15, 0.2) is 0 Å². The fourth-order valence-electron chi connectivity index (χ4n) is 5.30. The smallest absolute Gasteiger partial charge is 0.365 e. The zero-order valence-corrected chi connectivity index (χ0v) is 26.6. The van der Waals surface area contributed by atoms with E-state index in [1.54, 1.807) is 0 Å². The Bertz CT molecular complexity index is 1650. The third kappa shape index (κ3) is 5.85. The van der Waals surface area contributed by atoms with Crippen LogP contribution in [0.15, 0.2) is 115 Å². The lowest BCUT2D eigenvalue weighted by Gasteiger charge is -2.38. The van der Waals surface area contributed by atoms with Gasteiger partial charge in [0.2, 0.25) is 0 Å². The van der Waals surface area contributed by atoms with E-state index in [1.807, 2.05) is 99.6 Å². The highest BCUT2D eigenvalue weighted by molar-refractivity contribution is 8.20. The molecule has 0 amide bonds. The van der Waals surface area contributed by atoms with Crippen molar-refractivity contribution in [3.63, 3.8) is 0 Å². The summed E-state index contributed by atoms with van der Waals surface area (Å²) in [6.45, 7) is 6.77. The first-order valence-electron chi connectivity index (χ1n) is 14.1. The quantitative estimate of drug-likeness (QED) is 0.221. The molecule has 5 nitrogen and oxygen atoms in total. The molecule has 42 heavy (non-hydrogen) atoms. The molecule has 8 heteroatoms.